The molecule has 1 aromatic carbocycles. The molecule has 0 radical (unpaired) electrons. The number of benzene rings is 1. The molecule has 0 fully saturated rings. The lowest BCUT2D eigenvalue weighted by molar-refractivity contribution is -0.146. The molecule has 1 atom stereocenters. The summed E-state index contributed by atoms with van der Waals surface area (Å²) in [6, 6.07) is 2.76. The molecule has 0 spiro atoms. The van der Waals surface area contributed by atoms with Crippen molar-refractivity contribution in [2.75, 3.05) is 14.2 Å². The Morgan fingerprint density at radius 2 is 1.85 bits per heavy atom. The molecular formula is C20H24O7. The van der Waals surface area contributed by atoms with Crippen LogP contribution in [0.1, 0.15) is 62.1 Å². The van der Waals surface area contributed by atoms with Crippen LogP contribution >= 0.6 is 0 Å². The van der Waals surface area contributed by atoms with Crippen molar-refractivity contribution >= 4 is 22.7 Å². The predicted octanol–water partition coefficient (Wildman–Crippen LogP) is 3.81. The summed E-state index contributed by atoms with van der Waals surface area (Å²) in [5, 5.41) is 0.422. The predicted molar refractivity (Wildman–Crippen MR) is 99.6 cm³/mol. The number of methoxy groups -OCH3 is 2. The van der Waals surface area contributed by atoms with Gasteiger partial charge in [-0.3, -0.25) is 9.59 Å². The van der Waals surface area contributed by atoms with Gasteiger partial charge in [0.25, 0.3) is 0 Å². The summed E-state index contributed by atoms with van der Waals surface area (Å²) in [6.45, 7) is 5.02. The van der Waals surface area contributed by atoms with Gasteiger partial charge in [0.1, 0.15) is 28.7 Å². The first kappa shape index (κ1) is 20.5. The molecule has 0 amide bonds. The van der Waals surface area contributed by atoms with Crippen molar-refractivity contribution < 1.29 is 28.2 Å². The standard InChI is InChI=1S/C20H24O7/c1-6-8-13(22)19-15(24-4)10-16-18(20(19)25-5)12(9-17(23)27-16)14(7-2)26-11(3)21/h9-10,14H,6-8H2,1-5H3. The summed E-state index contributed by atoms with van der Waals surface area (Å²) in [6.07, 6.45) is 0.729. The molecule has 1 heterocycles. The first-order valence-corrected chi connectivity index (χ1v) is 8.80. The molecule has 0 saturated heterocycles. The number of hydrogen-bond donors (Lipinski definition) is 0. The second kappa shape index (κ2) is 8.70. The first-order chi connectivity index (χ1) is 12.9. The van der Waals surface area contributed by atoms with Gasteiger partial charge in [0.05, 0.1) is 19.6 Å². The molecule has 7 nitrogen and oxygen atoms in total. The minimum absolute atomic E-state index is 0.147. The Labute approximate surface area is 157 Å². The number of ether oxygens (including phenoxy) is 3. The van der Waals surface area contributed by atoms with Gasteiger partial charge in [-0.05, 0) is 12.8 Å². The highest BCUT2D eigenvalue weighted by atomic mass is 16.5. The number of carbonyl (C=O) groups excluding carboxylic acids is 2. The Bertz CT molecular complexity index is 911. The van der Waals surface area contributed by atoms with Crippen LogP contribution < -0.4 is 15.1 Å². The Kier molecular flexibility index (Phi) is 6.60. The fraction of sp³-hybridized carbons (Fsp3) is 0.450. The average molecular weight is 376 g/mol. The van der Waals surface area contributed by atoms with Gasteiger partial charge in [0.2, 0.25) is 0 Å². The van der Waals surface area contributed by atoms with Gasteiger partial charge < -0.3 is 18.6 Å². The van der Waals surface area contributed by atoms with Crippen LogP contribution in [0.5, 0.6) is 11.5 Å². The van der Waals surface area contributed by atoms with Crippen molar-refractivity contribution in [3.8, 4) is 11.5 Å². The highest BCUT2D eigenvalue weighted by molar-refractivity contribution is 6.07. The number of hydrogen-bond acceptors (Lipinski definition) is 7. The molecule has 27 heavy (non-hydrogen) atoms. The largest absolute Gasteiger partial charge is 0.496 e. The van der Waals surface area contributed by atoms with Crippen LogP contribution in [0.15, 0.2) is 21.3 Å². The second-order valence-electron chi connectivity index (χ2n) is 6.06. The van der Waals surface area contributed by atoms with Gasteiger partial charge in [-0.2, -0.15) is 0 Å². The third-order valence-electron chi connectivity index (χ3n) is 4.19. The summed E-state index contributed by atoms with van der Waals surface area (Å²) < 4.78 is 21.6. The fourth-order valence-corrected chi connectivity index (χ4v) is 3.11. The van der Waals surface area contributed by atoms with Crippen LogP contribution in [0.3, 0.4) is 0 Å². The topological polar surface area (TPSA) is 92.0 Å². The number of ketones is 1. The number of esters is 1. The third kappa shape index (κ3) is 4.13. The maximum atomic E-state index is 12.7. The van der Waals surface area contributed by atoms with Gasteiger partial charge in [-0.1, -0.05) is 13.8 Å². The van der Waals surface area contributed by atoms with E-state index >= 15 is 0 Å². The molecule has 0 saturated carbocycles. The molecule has 146 valence electrons. The molecule has 7 heteroatoms. The molecule has 2 rings (SSSR count). The van der Waals surface area contributed by atoms with Crippen molar-refractivity contribution in [2.45, 2.75) is 46.1 Å². The van der Waals surface area contributed by atoms with Crippen LogP contribution in [-0.2, 0) is 9.53 Å². The van der Waals surface area contributed by atoms with E-state index in [1.807, 2.05) is 13.8 Å². The number of Topliss-reactive ketones (excluding diaryl/α,β-unsaturated/α-hetero) is 1. The Balaban J connectivity index is 2.92. The van der Waals surface area contributed by atoms with Crippen molar-refractivity contribution in [1.29, 1.82) is 0 Å². The average Bonchev–Trinajstić information content (AvgIpc) is 2.63. The Hall–Kier alpha value is -2.83. The van der Waals surface area contributed by atoms with E-state index in [-0.39, 0.29) is 28.4 Å². The highest BCUT2D eigenvalue weighted by Crippen LogP contribution is 2.41. The summed E-state index contributed by atoms with van der Waals surface area (Å²) in [4.78, 5) is 36.3. The number of rotatable bonds is 8. The molecular weight excluding hydrogens is 352 g/mol. The summed E-state index contributed by atoms with van der Waals surface area (Å²) in [5.41, 5.74) is 0.316. The van der Waals surface area contributed by atoms with E-state index in [0.29, 0.717) is 30.2 Å². The van der Waals surface area contributed by atoms with Crippen molar-refractivity contribution in [3.05, 3.63) is 33.7 Å². The summed E-state index contributed by atoms with van der Waals surface area (Å²) >= 11 is 0. The first-order valence-electron chi connectivity index (χ1n) is 8.80. The van der Waals surface area contributed by atoms with E-state index in [0.717, 1.165) is 0 Å². The van der Waals surface area contributed by atoms with E-state index in [4.69, 9.17) is 18.6 Å². The zero-order valence-electron chi connectivity index (χ0n) is 16.2. The maximum absolute atomic E-state index is 12.7. The van der Waals surface area contributed by atoms with Crippen LogP contribution in [0, 0.1) is 0 Å². The van der Waals surface area contributed by atoms with Gasteiger partial charge >= 0.3 is 11.6 Å². The van der Waals surface area contributed by atoms with Gasteiger partial charge in [0, 0.05) is 31.0 Å². The number of carbonyl (C=O) groups is 2. The SMILES string of the molecule is CCCC(=O)c1c(OC)cc2oc(=O)cc(C(CC)OC(C)=O)c2c1OC. The lowest BCUT2D eigenvalue weighted by Gasteiger charge is -2.20. The van der Waals surface area contributed by atoms with Crippen molar-refractivity contribution in [3.63, 3.8) is 0 Å². The van der Waals surface area contributed by atoms with Crippen LogP contribution in [0.2, 0.25) is 0 Å². The quantitative estimate of drug-likeness (QED) is 0.393. The summed E-state index contributed by atoms with van der Waals surface area (Å²) in [5.74, 6) is -0.116. The molecule has 1 unspecified atom stereocenters. The summed E-state index contributed by atoms with van der Waals surface area (Å²) in [7, 11) is 2.86. The molecule has 0 N–H and O–H groups in total. The monoisotopic (exact) mass is 376 g/mol. The minimum atomic E-state index is -0.675. The highest BCUT2D eigenvalue weighted by Gasteiger charge is 2.27. The van der Waals surface area contributed by atoms with Crippen LogP contribution in [0.4, 0.5) is 0 Å². The van der Waals surface area contributed by atoms with Crippen molar-refractivity contribution in [1.82, 2.24) is 0 Å². The molecule has 1 aromatic heterocycles. The van der Waals surface area contributed by atoms with E-state index in [1.54, 1.807) is 0 Å². The fourth-order valence-electron chi connectivity index (χ4n) is 3.11. The lowest BCUT2D eigenvalue weighted by Crippen LogP contribution is -2.13. The minimum Gasteiger partial charge on any atom is -0.496 e. The van der Waals surface area contributed by atoms with Gasteiger partial charge in [-0.25, -0.2) is 4.79 Å². The molecule has 0 aliphatic carbocycles. The Morgan fingerprint density at radius 3 is 2.37 bits per heavy atom. The van der Waals surface area contributed by atoms with Crippen molar-refractivity contribution in [2.24, 2.45) is 0 Å². The normalized spacial score (nSPS) is 11.9. The molecule has 0 aliphatic heterocycles. The smallest absolute Gasteiger partial charge is 0.336 e. The maximum Gasteiger partial charge on any atom is 0.336 e. The zero-order valence-corrected chi connectivity index (χ0v) is 16.2. The molecule has 2 aromatic rings. The molecule has 0 aliphatic rings. The van der Waals surface area contributed by atoms with Gasteiger partial charge in [0.15, 0.2) is 5.78 Å². The second-order valence-corrected chi connectivity index (χ2v) is 6.06. The van der Waals surface area contributed by atoms with E-state index in [2.05, 4.69) is 0 Å². The van der Waals surface area contributed by atoms with E-state index in [9.17, 15) is 14.4 Å². The Morgan fingerprint density at radius 1 is 1.15 bits per heavy atom. The number of fused-ring (bicyclic) bond motifs is 1. The third-order valence-corrected chi connectivity index (χ3v) is 4.19. The van der Waals surface area contributed by atoms with Crippen LogP contribution in [-0.4, -0.2) is 26.0 Å². The lowest BCUT2D eigenvalue weighted by atomic mass is 9.96. The zero-order chi connectivity index (χ0) is 20.1. The van der Waals surface area contributed by atoms with Gasteiger partial charge in [-0.15, -0.1) is 0 Å². The van der Waals surface area contributed by atoms with Crippen LogP contribution in [0.25, 0.3) is 11.0 Å². The molecule has 0 bridgehead atoms. The van der Waals surface area contributed by atoms with E-state index in [1.165, 1.54) is 33.3 Å². The van der Waals surface area contributed by atoms with E-state index < -0.39 is 17.7 Å².